The van der Waals surface area contributed by atoms with Gasteiger partial charge in [0, 0.05) is 12.8 Å². The number of hydrogen-bond donors (Lipinski definition) is 1. The predicted octanol–water partition coefficient (Wildman–Crippen LogP) is 26.3. The number of ether oxygens (including phenoxy) is 2. The lowest BCUT2D eigenvalue weighted by molar-refractivity contribution is -0.870. The summed E-state index contributed by atoms with van der Waals surface area (Å²) < 4.78 is 34.8. The average molecular weight is 1310 g/mol. The second-order valence-electron chi connectivity index (χ2n) is 28.1. The highest BCUT2D eigenvalue weighted by atomic mass is 31.2. The Bertz CT molecular complexity index is 1780. The van der Waals surface area contributed by atoms with Gasteiger partial charge in [-0.3, -0.25) is 18.6 Å². The molecule has 538 valence electrons. The van der Waals surface area contributed by atoms with E-state index < -0.39 is 26.5 Å². The summed E-state index contributed by atoms with van der Waals surface area (Å²) in [4.78, 5) is 36.0. The highest BCUT2D eigenvalue weighted by Crippen LogP contribution is 2.43. The standard InChI is InChI=1S/C82H152NO8P/c1-6-8-10-12-14-16-18-20-22-24-26-28-30-32-34-36-38-40-41-43-45-47-49-51-53-55-57-59-61-63-65-67-69-71-73-75-82(85)91-80(79-90-92(86,87)89-77-76-83(3,4)5)78-88-81(84)74-72-70-68-66-64-62-60-58-56-54-52-50-48-46-44-42-39-37-35-33-31-29-27-25-23-21-19-17-15-13-11-9-7-2/h8,10,14,16,20,22,25-28,32,34,80H,6-7,9,11-13,15,17-19,21,23-24,29-31,33,35-79H2,1-5H3/p+1/b10-8-,16-14-,22-20-,27-25-,28-26-,34-32-. The third-order valence-corrected chi connectivity index (χ3v) is 18.7. The molecule has 0 aromatic rings. The van der Waals surface area contributed by atoms with Crippen molar-refractivity contribution in [1.82, 2.24) is 0 Å². The molecule has 0 aliphatic carbocycles. The van der Waals surface area contributed by atoms with Crippen LogP contribution in [-0.2, 0) is 32.7 Å². The molecule has 0 amide bonds. The number of carbonyl (C=O) groups excluding carboxylic acids is 2. The first-order valence-electron chi connectivity index (χ1n) is 39.7. The molecule has 0 saturated carbocycles. The Morgan fingerprint density at radius 1 is 0.348 bits per heavy atom. The van der Waals surface area contributed by atoms with Crippen molar-refractivity contribution in [3.63, 3.8) is 0 Å². The SMILES string of the molecule is CC/C=C\C/C=C\C/C=C\C/C=C\C/C=C\CCCCCCCCCCCCCCCCCCCCCC(=O)OC(COC(=O)CCCCCCCCCCCCCCCCCCCCCCC/C=C\CCCCCCCCCC)COP(=O)(O)OCC[N+](C)(C)C. The zero-order chi connectivity index (χ0) is 66.9. The van der Waals surface area contributed by atoms with Crippen molar-refractivity contribution in [3.8, 4) is 0 Å². The van der Waals surface area contributed by atoms with Gasteiger partial charge in [-0.2, -0.15) is 0 Å². The summed E-state index contributed by atoms with van der Waals surface area (Å²) in [7, 11) is 1.49. The number of hydrogen-bond acceptors (Lipinski definition) is 7. The first kappa shape index (κ1) is 89.5. The van der Waals surface area contributed by atoms with E-state index in [9.17, 15) is 19.0 Å². The molecule has 0 rings (SSSR count). The fourth-order valence-electron chi connectivity index (χ4n) is 11.7. The molecule has 0 bridgehead atoms. The van der Waals surface area contributed by atoms with Gasteiger partial charge in [0.25, 0.3) is 0 Å². The number of carbonyl (C=O) groups is 2. The van der Waals surface area contributed by atoms with Crippen molar-refractivity contribution in [1.29, 1.82) is 0 Å². The number of esters is 2. The lowest BCUT2D eigenvalue weighted by Crippen LogP contribution is -2.37. The van der Waals surface area contributed by atoms with Crippen LogP contribution in [0.15, 0.2) is 72.9 Å². The molecule has 2 atom stereocenters. The summed E-state index contributed by atoms with van der Waals surface area (Å²) in [6, 6.07) is 0. The van der Waals surface area contributed by atoms with Crippen LogP contribution in [0.25, 0.3) is 0 Å². The number of likely N-dealkylation sites (N-methyl/N-ethyl adjacent to an activating group) is 1. The maximum atomic E-state index is 12.9. The highest BCUT2D eigenvalue weighted by Gasteiger charge is 2.27. The Kier molecular flexibility index (Phi) is 70.7. The molecule has 0 aromatic carbocycles. The largest absolute Gasteiger partial charge is 0.472 e. The fraction of sp³-hybridized carbons (Fsp3) is 0.829. The quantitative estimate of drug-likeness (QED) is 0.0211. The minimum Gasteiger partial charge on any atom is -0.462 e. The van der Waals surface area contributed by atoms with Gasteiger partial charge in [-0.15, -0.1) is 0 Å². The monoisotopic (exact) mass is 1310 g/mol. The zero-order valence-corrected chi connectivity index (χ0v) is 62.4. The number of nitrogens with zero attached hydrogens (tertiary/aromatic N) is 1. The molecule has 0 aliphatic heterocycles. The molecule has 1 N–H and O–H groups in total. The maximum absolute atomic E-state index is 12.9. The number of phosphoric acid groups is 1. The van der Waals surface area contributed by atoms with Crippen molar-refractivity contribution >= 4 is 19.8 Å². The minimum absolute atomic E-state index is 0.0331. The van der Waals surface area contributed by atoms with E-state index in [0.717, 1.165) is 64.2 Å². The molecule has 0 radical (unpaired) electrons. The van der Waals surface area contributed by atoms with E-state index in [1.807, 2.05) is 21.1 Å². The topological polar surface area (TPSA) is 108 Å². The van der Waals surface area contributed by atoms with Crippen LogP contribution in [0, 0.1) is 0 Å². The van der Waals surface area contributed by atoms with Crippen molar-refractivity contribution in [2.24, 2.45) is 0 Å². The van der Waals surface area contributed by atoms with Gasteiger partial charge in [-0.25, -0.2) is 4.57 Å². The normalized spacial score (nSPS) is 13.4. The molecule has 9 nitrogen and oxygen atoms in total. The van der Waals surface area contributed by atoms with Crippen LogP contribution in [0.1, 0.15) is 386 Å². The molecule has 2 unspecified atom stereocenters. The zero-order valence-electron chi connectivity index (χ0n) is 61.5. The summed E-state index contributed by atoms with van der Waals surface area (Å²) in [6.07, 6.45) is 99.1. The number of allylic oxidation sites excluding steroid dienone is 12. The smallest absolute Gasteiger partial charge is 0.462 e. The number of rotatable bonds is 74. The van der Waals surface area contributed by atoms with E-state index in [0.29, 0.717) is 23.9 Å². The van der Waals surface area contributed by atoms with Crippen LogP contribution < -0.4 is 0 Å². The van der Waals surface area contributed by atoms with Gasteiger partial charge in [0.1, 0.15) is 19.8 Å². The summed E-state index contributed by atoms with van der Waals surface area (Å²) >= 11 is 0. The Labute approximate surface area is 571 Å². The second kappa shape index (κ2) is 72.7. The molecule has 92 heavy (non-hydrogen) atoms. The van der Waals surface area contributed by atoms with Crippen LogP contribution in [0.4, 0.5) is 0 Å². The second-order valence-corrected chi connectivity index (χ2v) is 29.5. The van der Waals surface area contributed by atoms with Crippen LogP contribution in [0.2, 0.25) is 0 Å². The van der Waals surface area contributed by atoms with E-state index in [-0.39, 0.29) is 25.6 Å². The van der Waals surface area contributed by atoms with Gasteiger partial charge in [0.15, 0.2) is 6.10 Å². The summed E-state index contributed by atoms with van der Waals surface area (Å²) in [6.45, 7) is 4.38. The lowest BCUT2D eigenvalue weighted by Gasteiger charge is -2.24. The maximum Gasteiger partial charge on any atom is 0.472 e. The van der Waals surface area contributed by atoms with Crippen LogP contribution in [-0.4, -0.2) is 74.9 Å². The van der Waals surface area contributed by atoms with Gasteiger partial charge < -0.3 is 18.9 Å². The number of quaternary nitrogens is 1. The molecular formula is C82H153NO8P+. The number of phosphoric ester groups is 1. The third kappa shape index (κ3) is 76.5. The van der Waals surface area contributed by atoms with Crippen LogP contribution in [0.5, 0.6) is 0 Å². The van der Waals surface area contributed by atoms with Crippen LogP contribution >= 0.6 is 7.82 Å². The fourth-order valence-corrected chi connectivity index (χ4v) is 12.4. The van der Waals surface area contributed by atoms with Crippen molar-refractivity contribution in [2.75, 3.05) is 47.5 Å². The summed E-state index contributed by atoms with van der Waals surface area (Å²) in [5, 5.41) is 0. The van der Waals surface area contributed by atoms with E-state index in [4.69, 9.17) is 18.5 Å². The molecule has 0 spiro atoms. The van der Waals surface area contributed by atoms with Gasteiger partial charge in [0.2, 0.25) is 0 Å². The van der Waals surface area contributed by atoms with E-state index in [2.05, 4.69) is 86.8 Å². The van der Waals surface area contributed by atoms with Crippen LogP contribution in [0.3, 0.4) is 0 Å². The van der Waals surface area contributed by atoms with E-state index >= 15 is 0 Å². The minimum atomic E-state index is -4.39. The van der Waals surface area contributed by atoms with Crippen molar-refractivity contribution in [2.45, 2.75) is 392 Å². The summed E-state index contributed by atoms with van der Waals surface area (Å²) in [5.41, 5.74) is 0. The first-order valence-corrected chi connectivity index (χ1v) is 41.2. The molecule has 0 saturated heterocycles. The Balaban J connectivity index is 3.93. The molecule has 0 fully saturated rings. The molecule has 0 aliphatic rings. The first-order chi connectivity index (χ1) is 45.0. The molecular weight excluding hydrogens is 1160 g/mol. The van der Waals surface area contributed by atoms with E-state index in [1.165, 1.54) is 289 Å². The predicted molar refractivity (Wildman–Crippen MR) is 399 cm³/mol. The highest BCUT2D eigenvalue weighted by molar-refractivity contribution is 7.47. The molecule has 0 heterocycles. The Morgan fingerprint density at radius 2 is 0.620 bits per heavy atom. The van der Waals surface area contributed by atoms with Gasteiger partial charge in [-0.1, -0.05) is 363 Å². The summed E-state index contributed by atoms with van der Waals surface area (Å²) in [5.74, 6) is -0.776. The third-order valence-electron chi connectivity index (χ3n) is 17.7. The van der Waals surface area contributed by atoms with Gasteiger partial charge in [-0.05, 0) is 83.5 Å². The van der Waals surface area contributed by atoms with Gasteiger partial charge in [0.05, 0.1) is 27.7 Å². The van der Waals surface area contributed by atoms with Crippen molar-refractivity contribution < 1.29 is 42.1 Å². The van der Waals surface area contributed by atoms with E-state index in [1.54, 1.807) is 0 Å². The average Bonchev–Trinajstić information content (AvgIpc) is 2.14. The molecule has 0 aromatic heterocycles. The van der Waals surface area contributed by atoms with Gasteiger partial charge >= 0.3 is 19.8 Å². The Hall–Kier alpha value is -2.55. The molecule has 10 heteroatoms. The lowest BCUT2D eigenvalue weighted by atomic mass is 10.0. The van der Waals surface area contributed by atoms with Crippen molar-refractivity contribution in [3.05, 3.63) is 72.9 Å². The number of unbranched alkanes of at least 4 members (excludes halogenated alkanes) is 48. The Morgan fingerprint density at radius 3 is 0.935 bits per heavy atom.